The van der Waals surface area contributed by atoms with Gasteiger partial charge in [0.1, 0.15) is 22.7 Å². The predicted molar refractivity (Wildman–Crippen MR) is 82.5 cm³/mol. The Morgan fingerprint density at radius 1 is 1.20 bits per heavy atom. The second-order valence-corrected chi connectivity index (χ2v) is 5.40. The smallest absolute Gasteiger partial charge is 0.140 e. The molecule has 3 rings (SSSR count). The first-order valence-electron chi connectivity index (χ1n) is 6.31. The van der Waals surface area contributed by atoms with Crippen molar-refractivity contribution in [2.24, 2.45) is 0 Å². The van der Waals surface area contributed by atoms with Crippen molar-refractivity contribution in [3.05, 3.63) is 47.6 Å². The van der Waals surface area contributed by atoms with Crippen LogP contribution in [0.15, 0.2) is 42.0 Å². The van der Waals surface area contributed by atoms with Gasteiger partial charge in [-0.3, -0.25) is 0 Å². The summed E-state index contributed by atoms with van der Waals surface area (Å²) in [6.07, 6.45) is 1.62. The third-order valence-corrected chi connectivity index (χ3v) is 4.02. The zero-order chi connectivity index (χ0) is 13.9. The van der Waals surface area contributed by atoms with E-state index in [1.54, 1.807) is 24.8 Å². The number of ether oxygens (including phenoxy) is 1. The number of para-hydroxylation sites is 1. The molecule has 0 aliphatic carbocycles. The Morgan fingerprint density at radius 3 is 2.90 bits per heavy atom. The lowest BCUT2D eigenvalue weighted by Crippen LogP contribution is -2.18. The SMILES string of the molecule is COc1ccccc1CN(C)c1ncnc2sccc12. The van der Waals surface area contributed by atoms with Gasteiger partial charge in [-0.05, 0) is 17.5 Å². The van der Waals surface area contributed by atoms with E-state index < -0.39 is 0 Å². The zero-order valence-electron chi connectivity index (χ0n) is 11.4. The maximum Gasteiger partial charge on any atom is 0.140 e. The predicted octanol–water partition coefficient (Wildman–Crippen LogP) is 3.34. The highest BCUT2D eigenvalue weighted by Gasteiger charge is 2.11. The molecule has 0 saturated carbocycles. The van der Waals surface area contributed by atoms with Crippen LogP contribution in [0.25, 0.3) is 10.2 Å². The third kappa shape index (κ3) is 2.32. The summed E-state index contributed by atoms with van der Waals surface area (Å²) < 4.78 is 5.40. The van der Waals surface area contributed by atoms with Crippen LogP contribution in [0.5, 0.6) is 5.75 Å². The first kappa shape index (κ1) is 12.9. The molecule has 0 N–H and O–H groups in total. The Kier molecular flexibility index (Phi) is 3.52. The third-order valence-electron chi connectivity index (χ3n) is 3.20. The fraction of sp³-hybridized carbons (Fsp3) is 0.200. The molecule has 0 fully saturated rings. The monoisotopic (exact) mass is 285 g/mol. The molecule has 20 heavy (non-hydrogen) atoms. The van der Waals surface area contributed by atoms with E-state index in [2.05, 4.69) is 27.0 Å². The number of benzene rings is 1. The molecule has 3 aromatic rings. The minimum absolute atomic E-state index is 0.742. The molecule has 2 aromatic heterocycles. The second-order valence-electron chi connectivity index (χ2n) is 4.50. The lowest BCUT2D eigenvalue weighted by atomic mass is 10.2. The van der Waals surface area contributed by atoms with Gasteiger partial charge in [-0.1, -0.05) is 18.2 Å². The summed E-state index contributed by atoms with van der Waals surface area (Å²) in [5, 5.41) is 3.13. The molecule has 0 aliphatic heterocycles. The summed E-state index contributed by atoms with van der Waals surface area (Å²) in [7, 11) is 3.73. The number of hydrogen-bond acceptors (Lipinski definition) is 5. The molecule has 0 spiro atoms. The highest BCUT2D eigenvalue weighted by molar-refractivity contribution is 7.16. The zero-order valence-corrected chi connectivity index (χ0v) is 12.2. The lowest BCUT2D eigenvalue weighted by molar-refractivity contribution is 0.409. The van der Waals surface area contributed by atoms with Crippen molar-refractivity contribution in [3.8, 4) is 5.75 Å². The van der Waals surface area contributed by atoms with Crippen LogP contribution in [-0.2, 0) is 6.54 Å². The largest absolute Gasteiger partial charge is 0.496 e. The molecule has 0 atom stereocenters. The van der Waals surface area contributed by atoms with E-state index in [1.165, 1.54) is 0 Å². The second kappa shape index (κ2) is 5.46. The van der Waals surface area contributed by atoms with Crippen molar-refractivity contribution >= 4 is 27.4 Å². The highest BCUT2D eigenvalue weighted by Crippen LogP contribution is 2.28. The normalized spacial score (nSPS) is 10.7. The molecule has 5 heteroatoms. The van der Waals surface area contributed by atoms with Crippen LogP contribution in [0.3, 0.4) is 0 Å². The molecule has 2 heterocycles. The van der Waals surface area contributed by atoms with Gasteiger partial charge < -0.3 is 9.64 Å². The van der Waals surface area contributed by atoms with Crippen LogP contribution < -0.4 is 9.64 Å². The van der Waals surface area contributed by atoms with Gasteiger partial charge in [0.25, 0.3) is 0 Å². The van der Waals surface area contributed by atoms with Crippen LogP contribution in [0.4, 0.5) is 5.82 Å². The average Bonchev–Trinajstić information content (AvgIpc) is 2.96. The van der Waals surface area contributed by atoms with Crippen LogP contribution in [0.1, 0.15) is 5.56 Å². The maximum absolute atomic E-state index is 5.40. The van der Waals surface area contributed by atoms with Gasteiger partial charge in [0.15, 0.2) is 0 Å². The van der Waals surface area contributed by atoms with Crippen LogP contribution in [0.2, 0.25) is 0 Å². The van der Waals surface area contributed by atoms with Gasteiger partial charge >= 0.3 is 0 Å². The molecule has 0 aliphatic rings. The van der Waals surface area contributed by atoms with E-state index in [9.17, 15) is 0 Å². The fourth-order valence-corrected chi connectivity index (χ4v) is 2.97. The van der Waals surface area contributed by atoms with E-state index in [0.29, 0.717) is 0 Å². The summed E-state index contributed by atoms with van der Waals surface area (Å²) in [5.74, 6) is 1.84. The Labute approximate surface area is 121 Å². The van der Waals surface area contributed by atoms with Gasteiger partial charge in [0.2, 0.25) is 0 Å². The van der Waals surface area contributed by atoms with E-state index >= 15 is 0 Å². The first-order chi connectivity index (χ1) is 9.79. The molecule has 4 nitrogen and oxygen atoms in total. The van der Waals surface area contributed by atoms with E-state index in [1.807, 2.05) is 30.6 Å². The minimum Gasteiger partial charge on any atom is -0.496 e. The molecule has 102 valence electrons. The summed E-state index contributed by atoms with van der Waals surface area (Å²) >= 11 is 1.63. The van der Waals surface area contributed by atoms with Crippen LogP contribution in [0, 0.1) is 0 Å². The molecule has 0 radical (unpaired) electrons. The van der Waals surface area contributed by atoms with Crippen molar-refractivity contribution in [2.45, 2.75) is 6.54 Å². The Bertz CT molecular complexity index is 726. The van der Waals surface area contributed by atoms with Gasteiger partial charge in [0.05, 0.1) is 12.5 Å². The van der Waals surface area contributed by atoms with Gasteiger partial charge in [-0.2, -0.15) is 0 Å². The number of nitrogens with zero attached hydrogens (tertiary/aromatic N) is 3. The molecular formula is C15H15N3OS. The van der Waals surface area contributed by atoms with Crippen molar-refractivity contribution < 1.29 is 4.74 Å². The molecule has 0 unspecified atom stereocenters. The summed E-state index contributed by atoms with van der Waals surface area (Å²) in [5.41, 5.74) is 1.14. The number of anilines is 1. The molecule has 0 amide bonds. The van der Waals surface area contributed by atoms with Crippen molar-refractivity contribution in [1.82, 2.24) is 9.97 Å². The summed E-state index contributed by atoms with van der Waals surface area (Å²) in [6.45, 7) is 0.742. The number of methoxy groups -OCH3 is 1. The van der Waals surface area contributed by atoms with Crippen molar-refractivity contribution in [3.63, 3.8) is 0 Å². The Hall–Kier alpha value is -2.14. The van der Waals surface area contributed by atoms with Crippen LogP contribution in [-0.4, -0.2) is 24.1 Å². The number of aromatic nitrogens is 2. The fourth-order valence-electron chi connectivity index (χ4n) is 2.25. The van der Waals surface area contributed by atoms with Gasteiger partial charge in [-0.15, -0.1) is 11.3 Å². The quantitative estimate of drug-likeness (QED) is 0.737. The van der Waals surface area contributed by atoms with Crippen molar-refractivity contribution in [2.75, 3.05) is 19.1 Å². The first-order valence-corrected chi connectivity index (χ1v) is 7.19. The van der Waals surface area contributed by atoms with E-state index in [4.69, 9.17) is 4.74 Å². The number of hydrogen-bond donors (Lipinski definition) is 0. The number of fused-ring (bicyclic) bond motifs is 1. The van der Waals surface area contributed by atoms with Gasteiger partial charge in [0, 0.05) is 19.2 Å². The summed E-state index contributed by atoms with van der Waals surface area (Å²) in [6, 6.07) is 10.1. The maximum atomic E-state index is 5.40. The highest BCUT2D eigenvalue weighted by atomic mass is 32.1. The molecule has 0 bridgehead atoms. The number of thiophene rings is 1. The lowest BCUT2D eigenvalue weighted by Gasteiger charge is -2.20. The van der Waals surface area contributed by atoms with Crippen LogP contribution >= 0.6 is 11.3 Å². The topological polar surface area (TPSA) is 38.2 Å². The Morgan fingerprint density at radius 2 is 2.05 bits per heavy atom. The van der Waals surface area contributed by atoms with Gasteiger partial charge in [-0.25, -0.2) is 9.97 Å². The number of rotatable bonds is 4. The summed E-state index contributed by atoms with van der Waals surface area (Å²) in [4.78, 5) is 11.8. The average molecular weight is 285 g/mol. The van der Waals surface area contributed by atoms with E-state index in [-0.39, 0.29) is 0 Å². The Balaban J connectivity index is 1.93. The standard InChI is InChI=1S/C15H15N3OS/c1-18(9-11-5-3-4-6-13(11)19-2)14-12-7-8-20-15(12)17-10-16-14/h3-8,10H,9H2,1-2H3. The molecule has 1 aromatic carbocycles. The van der Waals surface area contributed by atoms with Crippen molar-refractivity contribution in [1.29, 1.82) is 0 Å². The minimum atomic E-state index is 0.742. The van der Waals surface area contributed by atoms with E-state index in [0.717, 1.165) is 33.9 Å². The molecule has 0 saturated heterocycles. The molecular weight excluding hydrogens is 270 g/mol.